The van der Waals surface area contributed by atoms with Gasteiger partial charge in [-0.25, -0.2) is 4.68 Å². The molecule has 4 heteroatoms. The Kier molecular flexibility index (Phi) is 2.36. The zero-order valence-electron chi connectivity index (χ0n) is 9.39. The van der Waals surface area contributed by atoms with Crippen LogP contribution in [-0.2, 0) is 4.74 Å². The molecule has 84 valence electrons. The van der Waals surface area contributed by atoms with Gasteiger partial charge in [-0.15, -0.1) is 0 Å². The van der Waals surface area contributed by atoms with Gasteiger partial charge in [0.25, 0.3) is 0 Å². The van der Waals surface area contributed by atoms with Crippen LogP contribution in [0.5, 0.6) is 0 Å². The Morgan fingerprint density at radius 2 is 2.25 bits per heavy atom. The summed E-state index contributed by atoms with van der Waals surface area (Å²) in [4.78, 5) is 4.18. The van der Waals surface area contributed by atoms with Crippen molar-refractivity contribution in [1.82, 2.24) is 14.8 Å². The molecule has 0 radical (unpaired) electrons. The van der Waals surface area contributed by atoms with Crippen LogP contribution in [0.2, 0.25) is 0 Å². The van der Waals surface area contributed by atoms with E-state index in [2.05, 4.69) is 17.0 Å². The number of aryl methyl sites for hydroxylation is 1. The van der Waals surface area contributed by atoms with Crippen molar-refractivity contribution >= 4 is 10.9 Å². The fourth-order valence-corrected chi connectivity index (χ4v) is 2.30. The topological polar surface area (TPSA) is 39.9 Å². The zero-order valence-corrected chi connectivity index (χ0v) is 9.39. The van der Waals surface area contributed by atoms with Gasteiger partial charge >= 0.3 is 0 Å². The maximum atomic E-state index is 5.77. The number of ether oxygens (including phenoxy) is 1. The highest BCUT2D eigenvalue weighted by Gasteiger charge is 2.19. The lowest BCUT2D eigenvalue weighted by atomic mass is 10.2. The number of hydrogen-bond donors (Lipinski definition) is 0. The second kappa shape index (κ2) is 3.87. The molecule has 1 saturated heterocycles. The van der Waals surface area contributed by atoms with E-state index in [-0.39, 0.29) is 6.23 Å². The summed E-state index contributed by atoms with van der Waals surface area (Å²) in [5.74, 6) is 0. The third kappa shape index (κ3) is 1.50. The predicted molar refractivity (Wildman–Crippen MR) is 61.1 cm³/mol. The van der Waals surface area contributed by atoms with Crippen LogP contribution in [0.1, 0.15) is 31.1 Å². The first-order valence-corrected chi connectivity index (χ1v) is 5.76. The van der Waals surface area contributed by atoms with Gasteiger partial charge in [0.1, 0.15) is 0 Å². The van der Waals surface area contributed by atoms with Crippen molar-refractivity contribution in [2.45, 2.75) is 32.4 Å². The van der Waals surface area contributed by atoms with Gasteiger partial charge < -0.3 is 4.74 Å². The fraction of sp³-hybridized carbons (Fsp3) is 0.500. The van der Waals surface area contributed by atoms with E-state index in [4.69, 9.17) is 4.74 Å². The van der Waals surface area contributed by atoms with Gasteiger partial charge in [-0.3, -0.25) is 4.98 Å². The number of pyridine rings is 1. The summed E-state index contributed by atoms with van der Waals surface area (Å²) in [6.07, 6.45) is 9.14. The smallest absolute Gasteiger partial charge is 0.150 e. The minimum absolute atomic E-state index is 0.104. The predicted octanol–water partition coefficient (Wildman–Crippen LogP) is 2.44. The average molecular weight is 217 g/mol. The summed E-state index contributed by atoms with van der Waals surface area (Å²) >= 11 is 0. The van der Waals surface area contributed by atoms with E-state index < -0.39 is 0 Å². The molecule has 1 aliphatic rings. The first kappa shape index (κ1) is 9.78. The van der Waals surface area contributed by atoms with Crippen LogP contribution in [0.3, 0.4) is 0 Å². The molecular formula is C12H15N3O. The third-order valence-electron chi connectivity index (χ3n) is 3.11. The van der Waals surface area contributed by atoms with Gasteiger partial charge in [-0.05, 0) is 31.7 Å². The van der Waals surface area contributed by atoms with Crippen molar-refractivity contribution in [2.75, 3.05) is 6.61 Å². The summed E-state index contributed by atoms with van der Waals surface area (Å²) in [5.41, 5.74) is 2.31. The molecule has 1 unspecified atom stereocenters. The molecule has 3 heterocycles. The molecule has 1 fully saturated rings. The Balaban J connectivity index is 2.09. The third-order valence-corrected chi connectivity index (χ3v) is 3.11. The molecule has 0 bridgehead atoms. The molecule has 1 atom stereocenters. The lowest BCUT2D eigenvalue weighted by Crippen LogP contribution is -2.19. The van der Waals surface area contributed by atoms with Gasteiger partial charge in [0.2, 0.25) is 0 Å². The number of aromatic nitrogens is 3. The van der Waals surface area contributed by atoms with Crippen molar-refractivity contribution in [2.24, 2.45) is 0 Å². The maximum Gasteiger partial charge on any atom is 0.150 e. The van der Waals surface area contributed by atoms with Gasteiger partial charge in [0.15, 0.2) is 6.23 Å². The van der Waals surface area contributed by atoms with Crippen LogP contribution in [0.4, 0.5) is 0 Å². The van der Waals surface area contributed by atoms with Crippen molar-refractivity contribution in [3.63, 3.8) is 0 Å². The van der Waals surface area contributed by atoms with E-state index in [0.717, 1.165) is 35.9 Å². The normalized spacial score (nSPS) is 21.4. The summed E-state index contributed by atoms with van der Waals surface area (Å²) < 4.78 is 7.77. The Hall–Kier alpha value is -1.42. The summed E-state index contributed by atoms with van der Waals surface area (Å²) in [6.45, 7) is 2.91. The van der Waals surface area contributed by atoms with Crippen LogP contribution < -0.4 is 0 Å². The first-order valence-electron chi connectivity index (χ1n) is 5.76. The summed E-state index contributed by atoms with van der Waals surface area (Å²) in [7, 11) is 0. The van der Waals surface area contributed by atoms with E-state index in [0.29, 0.717) is 0 Å². The van der Waals surface area contributed by atoms with Crippen molar-refractivity contribution in [1.29, 1.82) is 0 Å². The Bertz CT molecular complexity index is 500. The Labute approximate surface area is 94.2 Å². The molecule has 0 saturated carbocycles. The lowest BCUT2D eigenvalue weighted by Gasteiger charge is -2.23. The van der Waals surface area contributed by atoms with Crippen molar-refractivity contribution in [3.05, 3.63) is 24.2 Å². The van der Waals surface area contributed by atoms with E-state index >= 15 is 0 Å². The van der Waals surface area contributed by atoms with Gasteiger partial charge in [0.05, 0.1) is 11.7 Å². The van der Waals surface area contributed by atoms with Crippen LogP contribution in [0.25, 0.3) is 10.9 Å². The molecule has 4 nitrogen and oxygen atoms in total. The molecule has 2 aromatic heterocycles. The first-order chi connectivity index (χ1) is 7.86. The Morgan fingerprint density at radius 1 is 1.31 bits per heavy atom. The quantitative estimate of drug-likeness (QED) is 0.736. The Morgan fingerprint density at radius 3 is 3.06 bits per heavy atom. The van der Waals surface area contributed by atoms with Crippen LogP contribution in [0, 0.1) is 6.92 Å². The molecule has 2 aromatic rings. The second-order valence-electron chi connectivity index (χ2n) is 4.30. The SMILES string of the molecule is Cc1cncc2cnn(C3CCCCO3)c12. The van der Waals surface area contributed by atoms with Crippen LogP contribution in [0.15, 0.2) is 18.6 Å². The van der Waals surface area contributed by atoms with Gasteiger partial charge in [-0.2, -0.15) is 5.10 Å². The van der Waals surface area contributed by atoms with Crippen LogP contribution in [-0.4, -0.2) is 21.4 Å². The summed E-state index contributed by atoms with van der Waals surface area (Å²) in [5, 5.41) is 5.52. The minimum atomic E-state index is 0.104. The van der Waals surface area contributed by atoms with Crippen LogP contribution >= 0.6 is 0 Å². The fourth-order valence-electron chi connectivity index (χ4n) is 2.30. The lowest BCUT2D eigenvalue weighted by molar-refractivity contribution is -0.0367. The minimum Gasteiger partial charge on any atom is -0.356 e. The van der Waals surface area contributed by atoms with Crippen molar-refractivity contribution in [3.8, 4) is 0 Å². The average Bonchev–Trinajstić information content (AvgIpc) is 2.75. The number of rotatable bonds is 1. The molecule has 0 spiro atoms. The maximum absolute atomic E-state index is 5.77. The molecule has 0 amide bonds. The number of hydrogen-bond acceptors (Lipinski definition) is 3. The second-order valence-corrected chi connectivity index (χ2v) is 4.30. The van der Waals surface area contributed by atoms with E-state index in [1.807, 2.05) is 23.3 Å². The molecule has 1 aliphatic heterocycles. The molecule has 0 aromatic carbocycles. The number of fused-ring (bicyclic) bond motifs is 1. The highest BCUT2D eigenvalue weighted by molar-refractivity contribution is 5.80. The number of nitrogens with zero attached hydrogens (tertiary/aromatic N) is 3. The largest absolute Gasteiger partial charge is 0.356 e. The molecule has 3 rings (SSSR count). The van der Waals surface area contributed by atoms with Gasteiger partial charge in [0, 0.05) is 24.4 Å². The molecule has 16 heavy (non-hydrogen) atoms. The zero-order chi connectivity index (χ0) is 11.0. The standard InChI is InChI=1S/C12H15N3O/c1-9-6-13-7-10-8-14-15(12(9)10)11-4-2-3-5-16-11/h6-8,11H,2-5H2,1H3. The van der Waals surface area contributed by atoms with E-state index in [9.17, 15) is 0 Å². The van der Waals surface area contributed by atoms with Gasteiger partial charge in [-0.1, -0.05) is 0 Å². The molecule has 0 N–H and O–H groups in total. The molecule has 0 aliphatic carbocycles. The summed E-state index contributed by atoms with van der Waals surface area (Å²) in [6, 6.07) is 0. The highest BCUT2D eigenvalue weighted by Crippen LogP contribution is 2.26. The van der Waals surface area contributed by atoms with Crippen molar-refractivity contribution < 1.29 is 4.74 Å². The van der Waals surface area contributed by atoms with E-state index in [1.54, 1.807) is 0 Å². The highest BCUT2D eigenvalue weighted by atomic mass is 16.5. The monoisotopic (exact) mass is 217 g/mol. The van der Waals surface area contributed by atoms with E-state index in [1.165, 1.54) is 6.42 Å². The molecular weight excluding hydrogens is 202 g/mol.